The Morgan fingerprint density at radius 1 is 0.703 bits per heavy atom. The Morgan fingerprint density at radius 2 is 1.11 bits per heavy atom. The average molecular weight is 511 g/mol. The first-order valence-corrected chi connectivity index (χ1v) is 13.5. The maximum absolute atomic E-state index is 12.9. The van der Waals surface area contributed by atoms with Crippen molar-refractivity contribution in [3.63, 3.8) is 0 Å². The molecule has 2 atom stereocenters. The van der Waals surface area contributed by atoms with Crippen molar-refractivity contribution in [2.45, 2.75) is 37.9 Å². The van der Waals surface area contributed by atoms with Crippen molar-refractivity contribution < 1.29 is 17.9 Å². The molecule has 5 heteroatoms. The van der Waals surface area contributed by atoms with Crippen molar-refractivity contribution in [3.05, 3.63) is 118 Å². The Bertz CT molecular complexity index is 1440. The van der Waals surface area contributed by atoms with Gasteiger partial charge in [-0.15, -0.1) is 0 Å². The molecule has 0 aliphatic heterocycles. The highest BCUT2D eigenvalue weighted by Gasteiger charge is 2.33. The third-order valence-electron chi connectivity index (χ3n) is 6.82. The number of hydrogen-bond donors (Lipinski definition) is 0. The lowest BCUT2D eigenvalue weighted by atomic mass is 9.83. The molecule has 2 aliphatic carbocycles. The first-order chi connectivity index (χ1) is 17.7. The summed E-state index contributed by atoms with van der Waals surface area (Å²) in [5.41, 5.74) is 3.70. The summed E-state index contributed by atoms with van der Waals surface area (Å²) in [7, 11) is -0.713. The van der Waals surface area contributed by atoms with Crippen molar-refractivity contribution in [2.75, 3.05) is 14.2 Å². The van der Waals surface area contributed by atoms with Gasteiger partial charge in [0.1, 0.15) is 11.2 Å². The van der Waals surface area contributed by atoms with Gasteiger partial charge in [-0.3, -0.25) is 0 Å². The molecule has 188 valence electrons. The number of rotatable bonds is 4. The maximum atomic E-state index is 12.9. The van der Waals surface area contributed by atoms with E-state index in [9.17, 15) is 8.42 Å². The molecule has 0 saturated heterocycles. The number of hydrogen-bond acceptors (Lipinski definition) is 4. The zero-order valence-corrected chi connectivity index (χ0v) is 22.4. The molecule has 2 aromatic rings. The third-order valence-corrected chi connectivity index (χ3v) is 7.56. The Hall–Kier alpha value is -3.61. The van der Waals surface area contributed by atoms with Gasteiger partial charge in [0.25, 0.3) is 9.84 Å². The lowest BCUT2D eigenvalue weighted by Crippen LogP contribution is -2.28. The minimum absolute atomic E-state index is 0.584. The van der Waals surface area contributed by atoms with Crippen molar-refractivity contribution >= 4 is 9.84 Å². The molecular formula is C32H30O4S. The second-order valence-corrected chi connectivity index (χ2v) is 10.6. The summed E-state index contributed by atoms with van der Waals surface area (Å²) in [5.74, 6) is 5.68. The first kappa shape index (κ1) is 26.5. The topological polar surface area (TPSA) is 52.6 Å². The van der Waals surface area contributed by atoms with Gasteiger partial charge < -0.3 is 9.47 Å². The molecule has 4 rings (SSSR count). The summed E-state index contributed by atoms with van der Waals surface area (Å²) in [5, 5.41) is 4.80. The maximum Gasteiger partial charge on any atom is 0.284 e. The molecule has 2 unspecified atom stereocenters. The minimum atomic E-state index is -4.01. The van der Waals surface area contributed by atoms with Crippen LogP contribution >= 0.6 is 0 Å². The van der Waals surface area contributed by atoms with Gasteiger partial charge in [0.05, 0.1) is 0 Å². The number of allylic oxidation sites excluding steroid dienone is 4. The van der Waals surface area contributed by atoms with Crippen LogP contribution in [0.5, 0.6) is 0 Å². The van der Waals surface area contributed by atoms with E-state index in [1.165, 1.54) is 0 Å². The Morgan fingerprint density at radius 3 is 1.46 bits per heavy atom. The molecule has 0 bridgehead atoms. The molecule has 0 radical (unpaired) electrons. The molecule has 4 nitrogen and oxygen atoms in total. The Labute approximate surface area is 220 Å². The standard InChI is InChI=1S/C32H30O4S/c1-25-13-19-31(35-3,20-14-25)29-11-7-5-9-27(29)17-23-37(33,34)24-18-28-10-6-8-12-30(28)32(36-4)21-15-26(2)16-22-32/h5-16,19,21H,20,22H2,1-4H3. The van der Waals surface area contributed by atoms with Gasteiger partial charge in [0, 0.05) is 59.8 Å². The summed E-state index contributed by atoms with van der Waals surface area (Å²) in [6.07, 6.45) is 13.5. The van der Waals surface area contributed by atoms with Crippen molar-refractivity contribution in [2.24, 2.45) is 0 Å². The van der Waals surface area contributed by atoms with Gasteiger partial charge in [-0.25, -0.2) is 8.42 Å². The predicted molar refractivity (Wildman–Crippen MR) is 148 cm³/mol. The molecule has 2 aromatic carbocycles. The van der Waals surface area contributed by atoms with E-state index in [0.29, 0.717) is 24.0 Å². The molecule has 37 heavy (non-hydrogen) atoms. The highest BCUT2D eigenvalue weighted by molar-refractivity contribution is 8.00. The van der Waals surface area contributed by atoms with Crippen LogP contribution in [0.25, 0.3) is 0 Å². The normalized spacial score (nSPS) is 22.7. The van der Waals surface area contributed by atoms with Crippen molar-refractivity contribution in [1.29, 1.82) is 0 Å². The summed E-state index contributed by atoms with van der Waals surface area (Å²) < 4.78 is 37.5. The van der Waals surface area contributed by atoms with Gasteiger partial charge in [-0.2, -0.15) is 0 Å². The van der Waals surface area contributed by atoms with Crippen LogP contribution in [0.4, 0.5) is 0 Å². The van der Waals surface area contributed by atoms with Crippen LogP contribution < -0.4 is 0 Å². The summed E-state index contributed by atoms with van der Waals surface area (Å²) in [6, 6.07) is 14.9. The number of benzene rings is 2. The first-order valence-electron chi connectivity index (χ1n) is 12.0. The van der Waals surface area contributed by atoms with Crippen LogP contribution in [0, 0.1) is 22.3 Å². The van der Waals surface area contributed by atoms with Gasteiger partial charge in [0.15, 0.2) is 0 Å². The van der Waals surface area contributed by atoms with Crippen molar-refractivity contribution in [1.82, 2.24) is 0 Å². The molecule has 0 aromatic heterocycles. The SMILES string of the molecule is COC1(c2ccccc2C#CS(=O)(=O)C#Cc2ccccc2C2(OC)C=CC(C)=CC2)C=CC(C)=CC1. The van der Waals surface area contributed by atoms with E-state index in [0.717, 1.165) is 22.3 Å². The van der Waals surface area contributed by atoms with Crippen LogP contribution in [0.15, 0.2) is 96.1 Å². The van der Waals surface area contributed by atoms with Gasteiger partial charge in [-0.05, 0) is 50.0 Å². The van der Waals surface area contributed by atoms with Crippen LogP contribution in [0.2, 0.25) is 0 Å². The van der Waals surface area contributed by atoms with E-state index in [1.54, 1.807) is 26.4 Å². The molecule has 0 heterocycles. The Kier molecular flexibility index (Phi) is 7.71. The number of methoxy groups -OCH3 is 2. The molecule has 0 amide bonds. The molecule has 2 aliphatic rings. The minimum Gasteiger partial charge on any atom is -0.369 e. The molecule has 0 fully saturated rings. The largest absolute Gasteiger partial charge is 0.369 e. The lowest BCUT2D eigenvalue weighted by Gasteiger charge is -2.32. The quantitative estimate of drug-likeness (QED) is 0.480. The fourth-order valence-corrected chi connectivity index (χ4v) is 5.08. The van der Waals surface area contributed by atoms with E-state index in [-0.39, 0.29) is 0 Å². The molecule has 0 N–H and O–H groups in total. The van der Waals surface area contributed by atoms with E-state index in [1.807, 2.05) is 74.5 Å². The van der Waals surface area contributed by atoms with Gasteiger partial charge in [0.2, 0.25) is 0 Å². The monoisotopic (exact) mass is 510 g/mol. The fraction of sp³-hybridized carbons (Fsp3) is 0.250. The fourth-order valence-electron chi connectivity index (χ4n) is 4.54. The van der Waals surface area contributed by atoms with Crippen molar-refractivity contribution in [3.8, 4) is 22.3 Å². The van der Waals surface area contributed by atoms with E-state index in [2.05, 4.69) is 34.5 Å². The number of ether oxygens (including phenoxy) is 2. The van der Waals surface area contributed by atoms with E-state index < -0.39 is 21.0 Å². The zero-order chi connectivity index (χ0) is 26.5. The number of sulfone groups is 1. The summed E-state index contributed by atoms with van der Waals surface area (Å²) >= 11 is 0. The average Bonchev–Trinajstić information content (AvgIpc) is 2.93. The smallest absolute Gasteiger partial charge is 0.284 e. The van der Waals surface area contributed by atoms with Crippen LogP contribution in [-0.4, -0.2) is 22.6 Å². The zero-order valence-electron chi connectivity index (χ0n) is 21.5. The molecule has 0 saturated carbocycles. The van der Waals surface area contributed by atoms with E-state index >= 15 is 0 Å². The third kappa shape index (κ3) is 5.71. The molecule has 0 spiro atoms. The Balaban J connectivity index is 1.68. The highest BCUT2D eigenvalue weighted by atomic mass is 32.2. The molecular weight excluding hydrogens is 480 g/mol. The second-order valence-electron chi connectivity index (χ2n) is 9.21. The van der Waals surface area contributed by atoms with Crippen LogP contribution in [0.3, 0.4) is 0 Å². The van der Waals surface area contributed by atoms with Gasteiger partial charge in [-0.1, -0.05) is 71.8 Å². The summed E-state index contributed by atoms with van der Waals surface area (Å²) in [4.78, 5) is 0. The van der Waals surface area contributed by atoms with Gasteiger partial charge >= 0.3 is 0 Å². The van der Waals surface area contributed by atoms with E-state index in [4.69, 9.17) is 9.47 Å². The lowest BCUT2D eigenvalue weighted by molar-refractivity contribution is 0.0301. The summed E-state index contributed by atoms with van der Waals surface area (Å²) in [6.45, 7) is 4.06. The van der Waals surface area contributed by atoms with Crippen LogP contribution in [0.1, 0.15) is 48.9 Å². The second kappa shape index (κ2) is 10.8. The van der Waals surface area contributed by atoms with Crippen LogP contribution in [-0.2, 0) is 30.5 Å². The highest BCUT2D eigenvalue weighted by Crippen LogP contribution is 2.37. The predicted octanol–water partition coefficient (Wildman–Crippen LogP) is 5.92.